The summed E-state index contributed by atoms with van der Waals surface area (Å²) >= 11 is 0. The SMILES string of the molecule is Cc1ccc(C(=O)NCCC2CCCNC2)cc1NS(C)(=O)=O. The van der Waals surface area contributed by atoms with Gasteiger partial charge in [0.2, 0.25) is 10.0 Å². The van der Waals surface area contributed by atoms with Crippen LogP contribution in [0.15, 0.2) is 18.2 Å². The molecule has 23 heavy (non-hydrogen) atoms. The lowest BCUT2D eigenvalue weighted by Crippen LogP contribution is -2.33. The van der Waals surface area contributed by atoms with Gasteiger partial charge in [-0.3, -0.25) is 9.52 Å². The molecule has 6 nitrogen and oxygen atoms in total. The second-order valence-corrected chi connectivity index (χ2v) is 7.91. The zero-order valence-corrected chi connectivity index (χ0v) is 14.5. The van der Waals surface area contributed by atoms with E-state index in [1.807, 2.05) is 0 Å². The Hall–Kier alpha value is -1.60. The summed E-state index contributed by atoms with van der Waals surface area (Å²) in [5.41, 5.74) is 1.68. The summed E-state index contributed by atoms with van der Waals surface area (Å²) in [4.78, 5) is 12.2. The van der Waals surface area contributed by atoms with Gasteiger partial charge in [-0.25, -0.2) is 8.42 Å². The molecule has 0 saturated carbocycles. The van der Waals surface area contributed by atoms with Gasteiger partial charge in [0.05, 0.1) is 11.9 Å². The highest BCUT2D eigenvalue weighted by atomic mass is 32.2. The Morgan fingerprint density at radius 2 is 2.17 bits per heavy atom. The Bertz CT molecular complexity index is 653. The van der Waals surface area contributed by atoms with E-state index in [1.54, 1.807) is 25.1 Å². The van der Waals surface area contributed by atoms with E-state index in [9.17, 15) is 13.2 Å². The zero-order chi connectivity index (χ0) is 16.9. The smallest absolute Gasteiger partial charge is 0.251 e. The molecule has 0 radical (unpaired) electrons. The molecule has 0 bridgehead atoms. The van der Waals surface area contributed by atoms with Crippen LogP contribution in [0.2, 0.25) is 0 Å². The number of benzene rings is 1. The lowest BCUT2D eigenvalue weighted by molar-refractivity contribution is 0.0950. The molecular weight excluding hydrogens is 314 g/mol. The Morgan fingerprint density at radius 3 is 2.83 bits per heavy atom. The predicted molar refractivity (Wildman–Crippen MR) is 92.2 cm³/mol. The summed E-state index contributed by atoms with van der Waals surface area (Å²) in [6.07, 6.45) is 4.45. The Morgan fingerprint density at radius 1 is 1.39 bits per heavy atom. The van der Waals surface area contributed by atoms with Gasteiger partial charge in [-0.2, -0.15) is 0 Å². The van der Waals surface area contributed by atoms with Crippen molar-refractivity contribution in [3.8, 4) is 0 Å². The molecule has 0 spiro atoms. The number of carbonyl (C=O) groups excluding carboxylic acids is 1. The van der Waals surface area contributed by atoms with E-state index in [-0.39, 0.29) is 5.91 Å². The lowest BCUT2D eigenvalue weighted by Gasteiger charge is -2.22. The van der Waals surface area contributed by atoms with Crippen molar-refractivity contribution in [3.63, 3.8) is 0 Å². The highest BCUT2D eigenvalue weighted by Gasteiger charge is 2.14. The fraction of sp³-hybridized carbons (Fsp3) is 0.562. The van der Waals surface area contributed by atoms with Crippen molar-refractivity contribution in [2.45, 2.75) is 26.2 Å². The standard InChI is InChI=1S/C16H25N3O3S/c1-12-5-6-14(10-15(12)19-23(2,21)22)16(20)18-9-7-13-4-3-8-17-11-13/h5-6,10,13,17,19H,3-4,7-9,11H2,1-2H3,(H,18,20). The van der Waals surface area contributed by atoms with Crippen molar-refractivity contribution in [3.05, 3.63) is 29.3 Å². The minimum Gasteiger partial charge on any atom is -0.352 e. The van der Waals surface area contributed by atoms with E-state index in [0.29, 0.717) is 23.7 Å². The molecule has 1 unspecified atom stereocenters. The molecule has 1 aromatic rings. The number of anilines is 1. The summed E-state index contributed by atoms with van der Waals surface area (Å²) in [6, 6.07) is 5.03. The number of amides is 1. The minimum absolute atomic E-state index is 0.176. The van der Waals surface area contributed by atoms with Crippen LogP contribution in [0.3, 0.4) is 0 Å². The van der Waals surface area contributed by atoms with Gasteiger partial charge in [0.1, 0.15) is 0 Å². The number of aryl methyl sites for hydroxylation is 1. The molecule has 128 valence electrons. The van der Waals surface area contributed by atoms with Gasteiger partial charge in [0.15, 0.2) is 0 Å². The topological polar surface area (TPSA) is 87.3 Å². The number of hydrogen-bond donors (Lipinski definition) is 3. The predicted octanol–water partition coefficient (Wildman–Crippen LogP) is 1.49. The third kappa shape index (κ3) is 5.84. The second-order valence-electron chi connectivity index (χ2n) is 6.16. The summed E-state index contributed by atoms with van der Waals surface area (Å²) in [6.45, 7) is 4.53. The van der Waals surface area contributed by atoms with Gasteiger partial charge in [0.25, 0.3) is 5.91 Å². The van der Waals surface area contributed by atoms with Gasteiger partial charge < -0.3 is 10.6 Å². The summed E-state index contributed by atoms with van der Waals surface area (Å²) in [7, 11) is -3.36. The number of nitrogens with one attached hydrogen (secondary N) is 3. The Kier molecular flexibility index (Phi) is 6.01. The van der Waals surface area contributed by atoms with Crippen molar-refractivity contribution in [2.75, 3.05) is 30.6 Å². The van der Waals surface area contributed by atoms with Gasteiger partial charge in [-0.05, 0) is 62.9 Å². The molecule has 2 rings (SSSR count). The normalized spacial score (nSPS) is 18.4. The molecule has 0 aromatic heterocycles. The van der Waals surface area contributed by atoms with Gasteiger partial charge in [0, 0.05) is 12.1 Å². The van der Waals surface area contributed by atoms with Gasteiger partial charge in [-0.1, -0.05) is 6.07 Å². The van der Waals surface area contributed by atoms with Crippen LogP contribution < -0.4 is 15.4 Å². The van der Waals surface area contributed by atoms with Crippen molar-refractivity contribution >= 4 is 21.6 Å². The number of hydrogen-bond acceptors (Lipinski definition) is 4. The third-order valence-corrected chi connectivity index (χ3v) is 4.62. The molecule has 0 aliphatic carbocycles. The average molecular weight is 339 g/mol. The molecule has 1 fully saturated rings. The zero-order valence-electron chi connectivity index (χ0n) is 13.7. The fourth-order valence-corrected chi connectivity index (χ4v) is 3.35. The molecule has 3 N–H and O–H groups in total. The van der Waals surface area contributed by atoms with Crippen molar-refractivity contribution in [1.29, 1.82) is 0 Å². The van der Waals surface area contributed by atoms with E-state index in [4.69, 9.17) is 0 Å². The fourth-order valence-electron chi connectivity index (χ4n) is 2.74. The highest BCUT2D eigenvalue weighted by molar-refractivity contribution is 7.92. The van der Waals surface area contributed by atoms with E-state index in [0.717, 1.165) is 31.3 Å². The molecule has 1 aliphatic heterocycles. The number of rotatable bonds is 6. The van der Waals surface area contributed by atoms with Crippen LogP contribution in [0.25, 0.3) is 0 Å². The van der Waals surface area contributed by atoms with Crippen molar-refractivity contribution in [1.82, 2.24) is 10.6 Å². The van der Waals surface area contributed by atoms with E-state index in [2.05, 4.69) is 15.4 Å². The van der Waals surface area contributed by atoms with Gasteiger partial charge in [-0.15, -0.1) is 0 Å². The summed E-state index contributed by atoms with van der Waals surface area (Å²) in [5, 5.41) is 6.27. The first-order valence-electron chi connectivity index (χ1n) is 7.92. The molecule has 1 heterocycles. The average Bonchev–Trinajstić information content (AvgIpc) is 2.49. The van der Waals surface area contributed by atoms with E-state index in [1.165, 1.54) is 12.8 Å². The highest BCUT2D eigenvalue weighted by Crippen LogP contribution is 2.18. The van der Waals surface area contributed by atoms with E-state index >= 15 is 0 Å². The lowest BCUT2D eigenvalue weighted by atomic mass is 9.96. The van der Waals surface area contributed by atoms with Gasteiger partial charge >= 0.3 is 0 Å². The maximum Gasteiger partial charge on any atom is 0.251 e. The first kappa shape index (κ1) is 17.7. The number of piperidine rings is 1. The third-order valence-electron chi connectivity index (χ3n) is 4.03. The van der Waals surface area contributed by atoms with Crippen LogP contribution in [-0.4, -0.2) is 40.2 Å². The molecule has 1 aliphatic rings. The first-order chi connectivity index (χ1) is 10.8. The largest absolute Gasteiger partial charge is 0.352 e. The van der Waals surface area contributed by atoms with Crippen LogP contribution in [-0.2, 0) is 10.0 Å². The van der Waals surface area contributed by atoms with Crippen molar-refractivity contribution < 1.29 is 13.2 Å². The van der Waals surface area contributed by atoms with Crippen LogP contribution in [0.5, 0.6) is 0 Å². The van der Waals surface area contributed by atoms with Crippen LogP contribution in [0, 0.1) is 12.8 Å². The summed E-state index contributed by atoms with van der Waals surface area (Å²) < 4.78 is 25.2. The van der Waals surface area contributed by atoms with Crippen LogP contribution in [0.1, 0.15) is 35.2 Å². The summed E-state index contributed by atoms with van der Waals surface area (Å²) in [5.74, 6) is 0.440. The number of carbonyl (C=O) groups is 1. The monoisotopic (exact) mass is 339 g/mol. The molecular formula is C16H25N3O3S. The molecule has 1 amide bonds. The second kappa shape index (κ2) is 7.79. The maximum absolute atomic E-state index is 12.2. The molecule has 1 saturated heterocycles. The van der Waals surface area contributed by atoms with Crippen LogP contribution in [0.4, 0.5) is 5.69 Å². The molecule has 7 heteroatoms. The quantitative estimate of drug-likeness (QED) is 0.733. The van der Waals surface area contributed by atoms with Crippen molar-refractivity contribution in [2.24, 2.45) is 5.92 Å². The first-order valence-corrected chi connectivity index (χ1v) is 9.81. The maximum atomic E-state index is 12.2. The number of sulfonamides is 1. The minimum atomic E-state index is -3.36. The van der Waals surface area contributed by atoms with E-state index < -0.39 is 10.0 Å². The molecule has 1 aromatic carbocycles. The Labute approximate surface area is 138 Å². The molecule has 1 atom stereocenters. The Balaban J connectivity index is 1.92. The van der Waals surface area contributed by atoms with Crippen LogP contribution >= 0.6 is 0 Å².